The van der Waals surface area contributed by atoms with Crippen molar-refractivity contribution in [2.75, 3.05) is 19.6 Å². The molecule has 0 amide bonds. The van der Waals surface area contributed by atoms with E-state index < -0.39 is 0 Å². The van der Waals surface area contributed by atoms with Gasteiger partial charge in [0.1, 0.15) is 12.4 Å². The molecule has 25 heavy (non-hydrogen) atoms. The molecule has 0 spiro atoms. The van der Waals surface area contributed by atoms with Gasteiger partial charge in [-0.25, -0.2) is 0 Å². The van der Waals surface area contributed by atoms with E-state index in [1.54, 1.807) is 0 Å². The van der Waals surface area contributed by atoms with Crippen molar-refractivity contribution < 1.29 is 4.74 Å². The zero-order valence-electron chi connectivity index (χ0n) is 14.9. The second kappa shape index (κ2) is 9.23. The van der Waals surface area contributed by atoms with E-state index in [0.717, 1.165) is 36.0 Å². The molecule has 0 unspecified atom stereocenters. The first-order valence-corrected chi connectivity index (χ1v) is 9.53. The van der Waals surface area contributed by atoms with Crippen LogP contribution in [-0.4, -0.2) is 30.6 Å². The van der Waals surface area contributed by atoms with Crippen LogP contribution in [0.5, 0.6) is 5.75 Å². The Bertz CT molecular complexity index is 659. The van der Waals surface area contributed by atoms with Crippen LogP contribution in [0.2, 0.25) is 5.02 Å². The van der Waals surface area contributed by atoms with Gasteiger partial charge in [0.05, 0.1) is 0 Å². The molecule has 0 saturated carbocycles. The normalized spacial score (nSPS) is 17.8. The van der Waals surface area contributed by atoms with Gasteiger partial charge in [0, 0.05) is 24.2 Å². The van der Waals surface area contributed by atoms with Gasteiger partial charge in [-0.05, 0) is 61.3 Å². The van der Waals surface area contributed by atoms with Gasteiger partial charge in [-0.2, -0.15) is 0 Å². The van der Waals surface area contributed by atoms with Gasteiger partial charge < -0.3 is 10.1 Å². The summed E-state index contributed by atoms with van der Waals surface area (Å²) in [4.78, 5) is 2.57. The van der Waals surface area contributed by atoms with E-state index in [1.807, 2.05) is 36.4 Å². The van der Waals surface area contributed by atoms with Gasteiger partial charge in [0.15, 0.2) is 0 Å². The molecule has 1 aliphatic heterocycles. The van der Waals surface area contributed by atoms with Crippen LogP contribution in [0.25, 0.3) is 0 Å². The van der Waals surface area contributed by atoms with Crippen molar-refractivity contribution in [3.05, 3.63) is 64.7 Å². The van der Waals surface area contributed by atoms with Crippen molar-refractivity contribution in [1.29, 1.82) is 0 Å². The van der Waals surface area contributed by atoms with Crippen molar-refractivity contribution in [3.63, 3.8) is 0 Å². The Balaban J connectivity index is 1.42. The summed E-state index contributed by atoms with van der Waals surface area (Å²) in [5.41, 5.74) is 2.37. The first kappa shape index (κ1) is 18.2. The molecule has 134 valence electrons. The average Bonchev–Trinajstić information content (AvgIpc) is 3.09. The minimum absolute atomic E-state index is 0.534. The quantitative estimate of drug-likeness (QED) is 0.752. The maximum absolute atomic E-state index is 6.00. The number of benzene rings is 2. The Morgan fingerprint density at radius 2 is 2.00 bits per heavy atom. The third kappa shape index (κ3) is 5.46. The van der Waals surface area contributed by atoms with E-state index in [-0.39, 0.29) is 0 Å². The fourth-order valence-corrected chi connectivity index (χ4v) is 3.64. The van der Waals surface area contributed by atoms with Crippen LogP contribution in [0.4, 0.5) is 0 Å². The minimum atomic E-state index is 0.534. The van der Waals surface area contributed by atoms with Gasteiger partial charge >= 0.3 is 0 Å². The lowest BCUT2D eigenvalue weighted by Gasteiger charge is -2.23. The second-order valence-corrected chi connectivity index (χ2v) is 7.05. The molecule has 1 N–H and O–H groups in total. The molecule has 0 bridgehead atoms. The number of hydrogen-bond acceptors (Lipinski definition) is 3. The molecule has 2 aromatic rings. The highest BCUT2D eigenvalue weighted by Crippen LogP contribution is 2.17. The summed E-state index contributed by atoms with van der Waals surface area (Å²) in [7, 11) is 0. The highest BCUT2D eigenvalue weighted by molar-refractivity contribution is 6.30. The second-order valence-electron chi connectivity index (χ2n) is 6.62. The lowest BCUT2D eigenvalue weighted by atomic mass is 10.2. The third-order valence-electron chi connectivity index (χ3n) is 4.83. The van der Waals surface area contributed by atoms with Crippen molar-refractivity contribution in [1.82, 2.24) is 10.2 Å². The SMILES string of the molecule is CCN1CCC[C@@H]1CNCc1ccc(OCc2cccc(Cl)c2)cc1. The van der Waals surface area contributed by atoms with Crippen LogP contribution in [0.3, 0.4) is 0 Å². The summed E-state index contributed by atoms with van der Waals surface area (Å²) in [6.45, 7) is 7.17. The minimum Gasteiger partial charge on any atom is -0.489 e. The van der Waals surface area contributed by atoms with Gasteiger partial charge in [0.25, 0.3) is 0 Å². The Morgan fingerprint density at radius 1 is 1.16 bits per heavy atom. The summed E-state index contributed by atoms with van der Waals surface area (Å²) < 4.78 is 5.83. The summed E-state index contributed by atoms with van der Waals surface area (Å²) >= 11 is 6.00. The maximum atomic E-state index is 6.00. The van der Waals surface area contributed by atoms with Crippen LogP contribution in [0, 0.1) is 0 Å². The van der Waals surface area contributed by atoms with Crippen molar-refractivity contribution >= 4 is 11.6 Å². The lowest BCUT2D eigenvalue weighted by Crippen LogP contribution is -2.37. The lowest BCUT2D eigenvalue weighted by molar-refractivity contribution is 0.260. The third-order valence-corrected chi connectivity index (χ3v) is 5.07. The van der Waals surface area contributed by atoms with Gasteiger partial charge in [-0.3, -0.25) is 4.90 Å². The molecule has 3 nitrogen and oxygen atoms in total. The zero-order chi connectivity index (χ0) is 17.5. The molecular formula is C21H27ClN2O. The predicted molar refractivity (Wildman–Crippen MR) is 104 cm³/mol. The largest absolute Gasteiger partial charge is 0.489 e. The van der Waals surface area contributed by atoms with E-state index in [0.29, 0.717) is 12.6 Å². The molecule has 0 aromatic heterocycles. The van der Waals surface area contributed by atoms with Gasteiger partial charge in [-0.1, -0.05) is 42.8 Å². The number of nitrogens with one attached hydrogen (secondary N) is 1. The monoisotopic (exact) mass is 358 g/mol. The van der Waals surface area contributed by atoms with E-state index in [4.69, 9.17) is 16.3 Å². The van der Waals surface area contributed by atoms with E-state index >= 15 is 0 Å². The standard InChI is InChI=1S/C21H27ClN2O/c1-2-24-12-4-7-20(24)15-23-14-17-8-10-21(11-9-17)25-16-18-5-3-6-19(22)13-18/h3,5-6,8-11,13,20,23H,2,4,7,12,14-16H2,1H3/t20-/m1/s1. The van der Waals surface area contributed by atoms with Crippen LogP contribution in [-0.2, 0) is 13.2 Å². The Morgan fingerprint density at radius 3 is 2.76 bits per heavy atom. The summed E-state index contributed by atoms with van der Waals surface area (Å²) in [5, 5.41) is 4.34. The van der Waals surface area contributed by atoms with Crippen LogP contribution in [0.15, 0.2) is 48.5 Å². The number of hydrogen-bond donors (Lipinski definition) is 1. The summed E-state index contributed by atoms with van der Waals surface area (Å²) in [6.07, 6.45) is 2.65. The molecule has 1 saturated heterocycles. The molecule has 2 aromatic carbocycles. The maximum Gasteiger partial charge on any atom is 0.119 e. The van der Waals surface area contributed by atoms with Crippen LogP contribution < -0.4 is 10.1 Å². The number of likely N-dealkylation sites (N-methyl/N-ethyl adjacent to an activating group) is 1. The highest BCUT2D eigenvalue weighted by atomic mass is 35.5. The number of likely N-dealkylation sites (tertiary alicyclic amines) is 1. The predicted octanol–water partition coefficient (Wildman–Crippen LogP) is 4.49. The van der Waals surface area contributed by atoms with Crippen molar-refractivity contribution in [3.8, 4) is 5.75 Å². The number of nitrogens with zero attached hydrogens (tertiary/aromatic N) is 1. The van der Waals surface area contributed by atoms with Crippen molar-refractivity contribution in [2.24, 2.45) is 0 Å². The summed E-state index contributed by atoms with van der Waals surface area (Å²) in [5.74, 6) is 0.886. The number of rotatable bonds is 8. The Kier molecular flexibility index (Phi) is 6.74. The smallest absolute Gasteiger partial charge is 0.119 e. The van der Waals surface area contributed by atoms with E-state index in [1.165, 1.54) is 24.9 Å². The van der Waals surface area contributed by atoms with Crippen molar-refractivity contribution in [2.45, 2.75) is 39.0 Å². The molecule has 0 aliphatic carbocycles. The molecule has 1 heterocycles. The van der Waals surface area contributed by atoms with Gasteiger partial charge in [-0.15, -0.1) is 0 Å². The Labute approximate surface area is 155 Å². The Hall–Kier alpha value is -1.55. The fraction of sp³-hybridized carbons (Fsp3) is 0.429. The molecule has 1 aliphatic rings. The molecule has 1 fully saturated rings. The zero-order valence-corrected chi connectivity index (χ0v) is 15.6. The van der Waals surface area contributed by atoms with E-state index in [9.17, 15) is 0 Å². The summed E-state index contributed by atoms with van der Waals surface area (Å²) in [6, 6.07) is 16.8. The topological polar surface area (TPSA) is 24.5 Å². The first-order chi connectivity index (χ1) is 12.2. The average molecular weight is 359 g/mol. The van der Waals surface area contributed by atoms with E-state index in [2.05, 4.69) is 29.3 Å². The molecule has 3 rings (SSSR count). The molecule has 4 heteroatoms. The molecule has 0 radical (unpaired) electrons. The van der Waals surface area contributed by atoms with Crippen LogP contribution in [0.1, 0.15) is 30.9 Å². The fourth-order valence-electron chi connectivity index (χ4n) is 3.42. The number of ether oxygens (including phenoxy) is 1. The molecular weight excluding hydrogens is 332 g/mol. The first-order valence-electron chi connectivity index (χ1n) is 9.15. The molecule has 1 atom stereocenters. The van der Waals surface area contributed by atoms with Crippen LogP contribution >= 0.6 is 11.6 Å². The van der Waals surface area contributed by atoms with Gasteiger partial charge in [0.2, 0.25) is 0 Å². The highest BCUT2D eigenvalue weighted by Gasteiger charge is 2.21. The number of halogens is 1.